The molecule has 208 valence electrons. The third-order valence-electron chi connectivity index (χ3n) is 6.93. The van der Waals surface area contributed by atoms with E-state index in [1.807, 2.05) is 0 Å². The van der Waals surface area contributed by atoms with Crippen LogP contribution in [0.3, 0.4) is 0 Å². The molecule has 1 N–H and O–H groups in total. The van der Waals surface area contributed by atoms with Gasteiger partial charge in [-0.15, -0.1) is 0 Å². The number of nitrogens with one attached hydrogen (secondary N) is 1. The van der Waals surface area contributed by atoms with E-state index in [4.69, 9.17) is 4.74 Å². The lowest BCUT2D eigenvalue weighted by molar-refractivity contribution is -0.119. The molecule has 1 saturated carbocycles. The van der Waals surface area contributed by atoms with Crippen LogP contribution in [0.25, 0.3) is 0 Å². The fourth-order valence-corrected chi connectivity index (χ4v) is 5.46. The summed E-state index contributed by atoms with van der Waals surface area (Å²) >= 11 is 0. The molecular weight excluding hydrogens is 553 g/mol. The first-order valence-electron chi connectivity index (χ1n) is 11.8. The zero-order chi connectivity index (χ0) is 29.0. The maximum Gasteiger partial charge on any atom is 0.501 e. The minimum Gasteiger partial charge on any atom is -0.497 e. The predicted molar refractivity (Wildman–Crippen MR) is 137 cm³/mol. The molecule has 14 heteroatoms. The molecule has 2 aliphatic rings. The van der Waals surface area contributed by atoms with Gasteiger partial charge in [-0.1, -0.05) is 6.92 Å². The summed E-state index contributed by atoms with van der Waals surface area (Å²) in [5.41, 5.74) is -6.23. The summed E-state index contributed by atoms with van der Waals surface area (Å²) in [6.07, 6.45) is 1.68. The predicted octanol–water partition coefficient (Wildman–Crippen LogP) is 4.39. The molecule has 1 aromatic heterocycles. The van der Waals surface area contributed by atoms with E-state index in [0.29, 0.717) is 29.9 Å². The topological polar surface area (TPSA) is 126 Å². The Balaban J connectivity index is 1.43. The zero-order valence-corrected chi connectivity index (χ0v) is 21.8. The number of sulfone groups is 1. The maximum atomic E-state index is 13.6. The summed E-state index contributed by atoms with van der Waals surface area (Å²) in [6, 6.07) is 11.8. The molecule has 2 fully saturated rings. The van der Waals surface area contributed by atoms with Gasteiger partial charge < -0.3 is 10.1 Å². The number of amides is 4. The number of ether oxygens (including phenoxy) is 1. The summed E-state index contributed by atoms with van der Waals surface area (Å²) in [5, 5.41) is 2.64. The summed E-state index contributed by atoms with van der Waals surface area (Å²) < 4.78 is 67.3. The van der Waals surface area contributed by atoms with Crippen LogP contribution < -0.4 is 19.9 Å². The Kier molecular flexibility index (Phi) is 6.32. The number of rotatable bonds is 6. The third kappa shape index (κ3) is 4.24. The van der Waals surface area contributed by atoms with Gasteiger partial charge in [0.25, 0.3) is 21.7 Å². The van der Waals surface area contributed by atoms with E-state index in [-0.39, 0.29) is 23.1 Å². The van der Waals surface area contributed by atoms with Gasteiger partial charge in [0.1, 0.15) is 17.1 Å². The van der Waals surface area contributed by atoms with Crippen molar-refractivity contribution in [3.63, 3.8) is 0 Å². The van der Waals surface area contributed by atoms with E-state index >= 15 is 0 Å². The molecule has 0 radical (unpaired) electrons. The number of benzene rings is 2. The highest BCUT2D eigenvalue weighted by molar-refractivity contribution is 7.92. The van der Waals surface area contributed by atoms with E-state index in [1.165, 1.54) is 30.3 Å². The van der Waals surface area contributed by atoms with Crippen LogP contribution in [0.4, 0.5) is 35.2 Å². The Labute approximate surface area is 226 Å². The van der Waals surface area contributed by atoms with Gasteiger partial charge in [0, 0.05) is 17.8 Å². The molecule has 40 heavy (non-hydrogen) atoms. The van der Waals surface area contributed by atoms with Crippen LogP contribution in [0.15, 0.2) is 71.8 Å². The molecule has 3 aromatic rings. The minimum atomic E-state index is -5.60. The highest BCUT2D eigenvalue weighted by Gasteiger charge is 2.70. The molecule has 2 aromatic carbocycles. The number of hydrogen-bond donors (Lipinski definition) is 1. The number of carbonyl (C=O) groups is 3. The van der Waals surface area contributed by atoms with Gasteiger partial charge in [0.05, 0.1) is 23.4 Å². The summed E-state index contributed by atoms with van der Waals surface area (Å²) in [4.78, 5) is 45.0. The van der Waals surface area contributed by atoms with Gasteiger partial charge in [0.15, 0.2) is 0 Å². The number of halogens is 3. The van der Waals surface area contributed by atoms with Crippen molar-refractivity contribution in [2.75, 3.05) is 22.2 Å². The van der Waals surface area contributed by atoms with Gasteiger partial charge in [-0.3, -0.25) is 14.5 Å². The fraction of sp³-hybridized carbons (Fsp3) is 0.231. The largest absolute Gasteiger partial charge is 0.501 e. The molecule has 2 unspecified atom stereocenters. The highest BCUT2D eigenvalue weighted by atomic mass is 32.2. The number of methoxy groups -OCH3 is 1. The second-order valence-electron chi connectivity index (χ2n) is 9.31. The number of anilines is 3. The van der Waals surface area contributed by atoms with E-state index < -0.39 is 43.6 Å². The number of alkyl halides is 3. The van der Waals surface area contributed by atoms with Crippen molar-refractivity contribution in [1.82, 2.24) is 4.98 Å². The maximum absolute atomic E-state index is 13.6. The normalized spacial score (nSPS) is 20.7. The first-order chi connectivity index (χ1) is 18.8. The number of imide groups is 1. The smallest absolute Gasteiger partial charge is 0.497 e. The Hall–Kier alpha value is -4.46. The van der Waals surface area contributed by atoms with Crippen LogP contribution in [-0.2, 0) is 14.6 Å². The Bertz CT molecular complexity index is 1630. The molecule has 1 aliphatic heterocycles. The summed E-state index contributed by atoms with van der Waals surface area (Å²) in [7, 11) is -4.10. The van der Waals surface area contributed by atoms with Crippen molar-refractivity contribution in [3.8, 4) is 5.75 Å². The van der Waals surface area contributed by atoms with Crippen LogP contribution in [0.1, 0.15) is 23.7 Å². The number of urea groups is 1. The SMILES string of the molecule is COc1ccc(C(=O)Nc2cc(N3C(=O)N(c4ccc(S(=O)(=O)C(F)(F)F)cc4)C(=O)C34CC4C)ccn2)cc1. The quantitative estimate of drug-likeness (QED) is 0.433. The van der Waals surface area contributed by atoms with Gasteiger partial charge >= 0.3 is 11.5 Å². The van der Waals surface area contributed by atoms with E-state index in [0.717, 1.165) is 17.0 Å². The second kappa shape index (κ2) is 9.33. The van der Waals surface area contributed by atoms with Crippen molar-refractivity contribution >= 4 is 44.9 Å². The molecule has 1 spiro atoms. The van der Waals surface area contributed by atoms with E-state index in [1.54, 1.807) is 31.2 Å². The van der Waals surface area contributed by atoms with Crippen LogP contribution >= 0.6 is 0 Å². The van der Waals surface area contributed by atoms with Crippen molar-refractivity contribution in [1.29, 1.82) is 0 Å². The van der Waals surface area contributed by atoms with Gasteiger partial charge in [-0.05, 0) is 66.9 Å². The molecule has 2 atom stereocenters. The Morgan fingerprint density at radius 2 is 1.68 bits per heavy atom. The van der Waals surface area contributed by atoms with Crippen molar-refractivity contribution in [2.45, 2.75) is 29.3 Å². The van der Waals surface area contributed by atoms with Gasteiger partial charge in [-0.2, -0.15) is 13.2 Å². The molecular formula is C26H21F3N4O6S. The molecule has 2 heterocycles. The van der Waals surface area contributed by atoms with Crippen molar-refractivity contribution < 1.29 is 40.7 Å². The standard InChI is InChI=1S/C26H21F3N4O6S/c1-15-14-25(15)23(35)32(17-5-9-20(10-6-17)40(37,38)26(27,28)29)24(36)33(25)18-11-12-30-21(13-18)31-22(34)16-3-7-19(39-2)8-4-16/h3-13,15H,14H2,1-2H3,(H,30,31,34). The fourth-order valence-electron chi connectivity index (χ4n) is 4.70. The first kappa shape index (κ1) is 27.1. The molecule has 5 rings (SSSR count). The first-order valence-corrected chi connectivity index (χ1v) is 13.3. The number of pyridine rings is 1. The minimum absolute atomic E-state index is 0.0841. The lowest BCUT2D eigenvalue weighted by Gasteiger charge is -2.22. The number of aromatic nitrogens is 1. The number of hydrogen-bond acceptors (Lipinski definition) is 7. The second-order valence-corrected chi connectivity index (χ2v) is 11.3. The van der Waals surface area contributed by atoms with Crippen LogP contribution in [-0.4, -0.2) is 49.4 Å². The van der Waals surface area contributed by atoms with Crippen molar-refractivity contribution in [2.24, 2.45) is 5.92 Å². The highest BCUT2D eigenvalue weighted by Crippen LogP contribution is 2.55. The summed E-state index contributed by atoms with van der Waals surface area (Å²) in [6.45, 7) is 1.77. The average Bonchev–Trinajstić information content (AvgIpc) is 3.53. The van der Waals surface area contributed by atoms with Crippen molar-refractivity contribution in [3.05, 3.63) is 72.4 Å². The zero-order valence-electron chi connectivity index (χ0n) is 21.0. The Morgan fingerprint density at radius 1 is 1.05 bits per heavy atom. The molecule has 1 aliphatic carbocycles. The van der Waals surface area contributed by atoms with Crippen LogP contribution in [0.2, 0.25) is 0 Å². The Morgan fingerprint density at radius 3 is 2.23 bits per heavy atom. The van der Waals surface area contributed by atoms with Crippen LogP contribution in [0.5, 0.6) is 5.75 Å². The molecule has 10 nitrogen and oxygen atoms in total. The molecule has 0 bridgehead atoms. The lowest BCUT2D eigenvalue weighted by atomic mass is 10.1. The lowest BCUT2D eigenvalue weighted by Crippen LogP contribution is -2.39. The third-order valence-corrected chi connectivity index (χ3v) is 8.44. The van der Waals surface area contributed by atoms with E-state index in [2.05, 4.69) is 10.3 Å². The molecule has 4 amide bonds. The average molecular weight is 575 g/mol. The number of nitrogens with zero attached hydrogens (tertiary/aromatic N) is 3. The monoisotopic (exact) mass is 574 g/mol. The number of carbonyl (C=O) groups excluding carboxylic acids is 3. The van der Waals surface area contributed by atoms with Gasteiger partial charge in [0.2, 0.25) is 0 Å². The summed E-state index contributed by atoms with van der Waals surface area (Å²) in [5.74, 6) is -0.636. The van der Waals surface area contributed by atoms with E-state index in [9.17, 15) is 36.0 Å². The molecule has 1 saturated heterocycles. The van der Waals surface area contributed by atoms with Crippen LogP contribution in [0, 0.1) is 5.92 Å². The van der Waals surface area contributed by atoms with Gasteiger partial charge in [-0.25, -0.2) is 23.1 Å².